The molecule has 0 aromatic heterocycles. The Hall–Kier alpha value is -0.823. The van der Waals surface area contributed by atoms with Gasteiger partial charge in [-0.1, -0.05) is 43.0 Å². The summed E-state index contributed by atoms with van der Waals surface area (Å²) in [5.41, 5.74) is 3.62. The van der Waals surface area contributed by atoms with Crippen LogP contribution in [0.5, 0.6) is 0 Å². The minimum absolute atomic E-state index is 0.700. The van der Waals surface area contributed by atoms with Gasteiger partial charge in [-0.15, -0.1) is 0 Å². The second kappa shape index (κ2) is 2.66. The van der Waals surface area contributed by atoms with Gasteiger partial charge in [-0.05, 0) is 16.7 Å². The van der Waals surface area contributed by atoms with E-state index in [1.807, 2.05) is 0 Å². The third-order valence-electron chi connectivity index (χ3n) is 2.11. The standard InChI is InChI=1S/C10H10Si/c1-11-10-7-6-8-4-2-3-5-9(8)10/h2-7,10H,1H3. The monoisotopic (exact) mass is 158 g/mol. The van der Waals surface area contributed by atoms with Crippen LogP contribution in [0.3, 0.4) is 0 Å². The zero-order valence-corrected chi connectivity index (χ0v) is 7.54. The van der Waals surface area contributed by atoms with Crippen molar-refractivity contribution in [1.82, 2.24) is 0 Å². The predicted octanol–water partition coefficient (Wildman–Crippen LogP) is 2.51. The van der Waals surface area contributed by atoms with Gasteiger partial charge in [0.2, 0.25) is 0 Å². The Morgan fingerprint density at radius 1 is 1.27 bits per heavy atom. The van der Waals surface area contributed by atoms with Gasteiger partial charge >= 0.3 is 0 Å². The molecule has 2 radical (unpaired) electrons. The highest BCUT2D eigenvalue weighted by Crippen LogP contribution is 2.28. The molecule has 1 aromatic rings. The second-order valence-electron chi connectivity index (χ2n) is 2.75. The van der Waals surface area contributed by atoms with E-state index in [1.54, 1.807) is 0 Å². The molecule has 1 aliphatic rings. The largest absolute Gasteiger partial charge is 0.0797 e. The first-order valence-corrected chi connectivity index (χ1v) is 5.44. The Bertz CT molecular complexity index is 289. The summed E-state index contributed by atoms with van der Waals surface area (Å²) in [6.45, 7) is 2.26. The molecule has 0 saturated carbocycles. The maximum Gasteiger partial charge on any atom is 0.0492 e. The number of fused-ring (bicyclic) bond motifs is 1. The molecule has 1 aliphatic carbocycles. The molecular formula is C10H10Si. The molecule has 0 nitrogen and oxygen atoms in total. The molecule has 0 N–H and O–H groups in total. The van der Waals surface area contributed by atoms with Crippen LogP contribution in [0.1, 0.15) is 16.7 Å². The summed E-state index contributed by atoms with van der Waals surface area (Å²) in [7, 11) is 0.992. The summed E-state index contributed by atoms with van der Waals surface area (Å²) in [5, 5.41) is 0. The summed E-state index contributed by atoms with van der Waals surface area (Å²) in [6.07, 6.45) is 4.54. The van der Waals surface area contributed by atoms with Crippen molar-refractivity contribution in [3.05, 3.63) is 41.5 Å². The Kier molecular flexibility index (Phi) is 1.66. The van der Waals surface area contributed by atoms with E-state index in [-0.39, 0.29) is 0 Å². The first-order valence-electron chi connectivity index (χ1n) is 3.86. The van der Waals surface area contributed by atoms with Gasteiger partial charge in [-0.3, -0.25) is 0 Å². The first kappa shape index (κ1) is 6.86. The Morgan fingerprint density at radius 2 is 2.09 bits per heavy atom. The van der Waals surface area contributed by atoms with E-state index in [1.165, 1.54) is 11.1 Å². The van der Waals surface area contributed by atoms with Crippen molar-refractivity contribution < 1.29 is 0 Å². The van der Waals surface area contributed by atoms with E-state index in [4.69, 9.17) is 0 Å². The van der Waals surface area contributed by atoms with E-state index in [2.05, 4.69) is 43.0 Å². The van der Waals surface area contributed by atoms with E-state index in [0.717, 1.165) is 9.52 Å². The van der Waals surface area contributed by atoms with E-state index >= 15 is 0 Å². The van der Waals surface area contributed by atoms with E-state index < -0.39 is 0 Å². The summed E-state index contributed by atoms with van der Waals surface area (Å²) < 4.78 is 0. The maximum absolute atomic E-state index is 2.31. The molecule has 0 bridgehead atoms. The first-order chi connectivity index (χ1) is 5.42. The average molecular weight is 158 g/mol. The van der Waals surface area contributed by atoms with E-state index in [0.29, 0.717) is 5.54 Å². The predicted molar refractivity (Wildman–Crippen MR) is 49.8 cm³/mol. The molecule has 0 aliphatic heterocycles. The van der Waals surface area contributed by atoms with Crippen LogP contribution in [0.4, 0.5) is 0 Å². The normalized spacial score (nSPS) is 20.3. The van der Waals surface area contributed by atoms with Crippen molar-refractivity contribution in [3.8, 4) is 0 Å². The van der Waals surface area contributed by atoms with Gasteiger partial charge in [-0.2, -0.15) is 0 Å². The van der Waals surface area contributed by atoms with Crippen LogP contribution in [-0.4, -0.2) is 9.52 Å². The minimum atomic E-state index is 0.700. The topological polar surface area (TPSA) is 0 Å². The molecule has 1 unspecified atom stereocenters. The molecule has 2 rings (SSSR count). The molecule has 1 atom stereocenters. The van der Waals surface area contributed by atoms with Crippen LogP contribution in [0.25, 0.3) is 6.08 Å². The highest BCUT2D eigenvalue weighted by molar-refractivity contribution is 6.37. The molecule has 0 amide bonds. The number of allylic oxidation sites excluding steroid dienone is 1. The third kappa shape index (κ3) is 1.05. The molecule has 1 heteroatoms. The van der Waals surface area contributed by atoms with Crippen LogP contribution in [-0.2, 0) is 0 Å². The van der Waals surface area contributed by atoms with Gasteiger partial charge in [0, 0.05) is 9.52 Å². The minimum Gasteiger partial charge on any atom is -0.0797 e. The Labute approximate surface area is 69.8 Å². The highest BCUT2D eigenvalue weighted by atomic mass is 28.2. The zero-order valence-electron chi connectivity index (χ0n) is 6.54. The molecule has 11 heavy (non-hydrogen) atoms. The van der Waals surface area contributed by atoms with Crippen molar-refractivity contribution in [1.29, 1.82) is 0 Å². The summed E-state index contributed by atoms with van der Waals surface area (Å²) in [5.74, 6) is 0. The van der Waals surface area contributed by atoms with Gasteiger partial charge in [0.05, 0.1) is 0 Å². The van der Waals surface area contributed by atoms with Gasteiger partial charge in [0.25, 0.3) is 0 Å². The second-order valence-corrected chi connectivity index (χ2v) is 3.95. The number of hydrogen-bond donors (Lipinski definition) is 0. The van der Waals surface area contributed by atoms with Crippen LogP contribution in [0, 0.1) is 0 Å². The number of benzene rings is 1. The van der Waals surface area contributed by atoms with Crippen molar-refractivity contribution in [2.24, 2.45) is 0 Å². The maximum atomic E-state index is 2.31. The molecule has 0 fully saturated rings. The van der Waals surface area contributed by atoms with Gasteiger partial charge < -0.3 is 0 Å². The smallest absolute Gasteiger partial charge is 0.0492 e. The lowest BCUT2D eigenvalue weighted by Gasteiger charge is -2.05. The van der Waals surface area contributed by atoms with Crippen LogP contribution in [0.2, 0.25) is 6.55 Å². The fourth-order valence-corrected chi connectivity index (χ4v) is 2.36. The van der Waals surface area contributed by atoms with Crippen molar-refractivity contribution >= 4 is 15.6 Å². The van der Waals surface area contributed by atoms with Gasteiger partial charge in [0.1, 0.15) is 0 Å². The Morgan fingerprint density at radius 3 is 2.91 bits per heavy atom. The fourth-order valence-electron chi connectivity index (χ4n) is 1.50. The molecule has 0 heterocycles. The molecule has 0 saturated heterocycles. The summed E-state index contributed by atoms with van der Waals surface area (Å²) >= 11 is 0. The number of rotatable bonds is 1. The lowest BCUT2D eigenvalue weighted by Crippen LogP contribution is -1.98. The quantitative estimate of drug-likeness (QED) is 0.551. The van der Waals surface area contributed by atoms with Gasteiger partial charge in [0.15, 0.2) is 0 Å². The summed E-state index contributed by atoms with van der Waals surface area (Å²) in [4.78, 5) is 0. The van der Waals surface area contributed by atoms with Crippen molar-refractivity contribution in [3.63, 3.8) is 0 Å². The zero-order chi connectivity index (χ0) is 7.68. The Balaban J connectivity index is 2.46. The third-order valence-corrected chi connectivity index (χ3v) is 3.24. The molecular weight excluding hydrogens is 148 g/mol. The average Bonchev–Trinajstić information content (AvgIpc) is 2.47. The van der Waals surface area contributed by atoms with Crippen molar-refractivity contribution in [2.45, 2.75) is 12.1 Å². The lowest BCUT2D eigenvalue weighted by molar-refractivity contribution is 1.23. The van der Waals surface area contributed by atoms with Crippen molar-refractivity contribution in [2.75, 3.05) is 0 Å². The SMILES string of the molecule is C[Si]C1C=Cc2ccccc21. The van der Waals surface area contributed by atoms with Gasteiger partial charge in [-0.25, -0.2) is 0 Å². The number of hydrogen-bond acceptors (Lipinski definition) is 0. The highest BCUT2D eigenvalue weighted by Gasteiger charge is 2.13. The molecule has 0 spiro atoms. The van der Waals surface area contributed by atoms with E-state index in [9.17, 15) is 0 Å². The molecule has 54 valence electrons. The lowest BCUT2D eigenvalue weighted by atomic mass is 10.1. The molecule has 1 aromatic carbocycles. The van der Waals surface area contributed by atoms with Crippen LogP contribution < -0.4 is 0 Å². The van der Waals surface area contributed by atoms with Crippen LogP contribution in [0.15, 0.2) is 30.3 Å². The fraction of sp³-hybridized carbons (Fsp3) is 0.200. The van der Waals surface area contributed by atoms with Crippen LogP contribution >= 0.6 is 0 Å². The summed E-state index contributed by atoms with van der Waals surface area (Å²) in [6, 6.07) is 8.64.